The number of benzene rings is 2. The Hall–Kier alpha value is -3.15. The minimum Gasteiger partial charge on any atom is -0.349 e. The molecular weight excluding hydrogens is 390 g/mol. The zero-order valence-electron chi connectivity index (χ0n) is 18.6. The summed E-state index contributed by atoms with van der Waals surface area (Å²) >= 11 is 0. The topological polar surface area (TPSA) is 87.3 Å². The number of amides is 3. The third kappa shape index (κ3) is 6.17. The van der Waals surface area contributed by atoms with Gasteiger partial charge in [0.05, 0.1) is 0 Å². The van der Waals surface area contributed by atoms with Gasteiger partial charge in [-0.3, -0.25) is 14.4 Å². The van der Waals surface area contributed by atoms with Crippen LogP contribution in [-0.4, -0.2) is 29.8 Å². The normalized spacial score (nSPS) is 14.1. The number of nitrogens with one attached hydrogen (secondary N) is 3. The molecule has 31 heavy (non-hydrogen) atoms. The summed E-state index contributed by atoms with van der Waals surface area (Å²) in [5, 5.41) is 8.76. The highest BCUT2D eigenvalue weighted by Gasteiger charge is 2.25. The van der Waals surface area contributed by atoms with Crippen molar-refractivity contribution in [3.8, 4) is 0 Å². The van der Waals surface area contributed by atoms with Gasteiger partial charge in [-0.15, -0.1) is 0 Å². The molecule has 0 radical (unpaired) electrons. The lowest BCUT2D eigenvalue weighted by Crippen LogP contribution is -2.44. The highest BCUT2D eigenvalue weighted by Crippen LogP contribution is 2.22. The van der Waals surface area contributed by atoms with Crippen molar-refractivity contribution in [1.82, 2.24) is 10.6 Å². The van der Waals surface area contributed by atoms with Gasteiger partial charge >= 0.3 is 0 Å². The van der Waals surface area contributed by atoms with Gasteiger partial charge in [-0.05, 0) is 68.4 Å². The Balaban J connectivity index is 1.75. The van der Waals surface area contributed by atoms with Gasteiger partial charge in [-0.25, -0.2) is 0 Å². The maximum absolute atomic E-state index is 13.1. The number of hydrogen-bond acceptors (Lipinski definition) is 3. The standard InChI is InChI=1S/C25H31N3O3/c1-15(2)13-22(28-24(30)20-8-6-5-7-16(20)3)25(31)27-21-14-18(10-9-17(21)4)23(29)26-19-11-12-19/h5-10,14-15,19,22H,11-13H2,1-4H3,(H,26,29)(H,27,31)(H,28,30). The number of anilines is 1. The molecule has 0 saturated heterocycles. The fourth-order valence-electron chi connectivity index (χ4n) is 3.38. The molecule has 0 heterocycles. The molecule has 1 aliphatic carbocycles. The van der Waals surface area contributed by atoms with Gasteiger partial charge in [-0.1, -0.05) is 38.1 Å². The minimum atomic E-state index is -0.685. The number of rotatable bonds is 8. The second kappa shape index (κ2) is 9.77. The van der Waals surface area contributed by atoms with Crippen LogP contribution in [0.5, 0.6) is 0 Å². The first-order chi connectivity index (χ1) is 14.7. The van der Waals surface area contributed by atoms with Crippen LogP contribution in [0.15, 0.2) is 42.5 Å². The van der Waals surface area contributed by atoms with E-state index in [1.807, 2.05) is 45.9 Å². The van der Waals surface area contributed by atoms with E-state index in [2.05, 4.69) is 16.0 Å². The molecule has 0 aromatic heterocycles. The Labute approximate surface area is 183 Å². The molecule has 1 aliphatic rings. The van der Waals surface area contributed by atoms with Crippen LogP contribution in [0.3, 0.4) is 0 Å². The summed E-state index contributed by atoms with van der Waals surface area (Å²) in [4.78, 5) is 38.3. The molecule has 164 valence electrons. The fraction of sp³-hybridized carbons (Fsp3) is 0.400. The second-order valence-corrected chi connectivity index (χ2v) is 8.74. The fourth-order valence-corrected chi connectivity index (χ4v) is 3.38. The molecule has 1 saturated carbocycles. The van der Waals surface area contributed by atoms with Crippen LogP contribution < -0.4 is 16.0 Å². The van der Waals surface area contributed by atoms with Crippen LogP contribution in [0.1, 0.15) is 65.0 Å². The van der Waals surface area contributed by atoms with E-state index in [-0.39, 0.29) is 29.7 Å². The average Bonchev–Trinajstić information content (AvgIpc) is 3.53. The van der Waals surface area contributed by atoms with Crippen LogP contribution in [0.25, 0.3) is 0 Å². The first-order valence-electron chi connectivity index (χ1n) is 10.8. The van der Waals surface area contributed by atoms with Crippen molar-refractivity contribution in [3.63, 3.8) is 0 Å². The molecule has 1 unspecified atom stereocenters. The van der Waals surface area contributed by atoms with E-state index in [1.165, 1.54) is 0 Å². The lowest BCUT2D eigenvalue weighted by Gasteiger charge is -2.21. The summed E-state index contributed by atoms with van der Waals surface area (Å²) in [6.45, 7) is 7.76. The number of carbonyl (C=O) groups excluding carboxylic acids is 3. The first kappa shape index (κ1) is 22.5. The molecule has 6 heteroatoms. The number of aryl methyl sites for hydroxylation is 2. The molecule has 6 nitrogen and oxygen atoms in total. The highest BCUT2D eigenvalue weighted by molar-refractivity contribution is 6.03. The van der Waals surface area contributed by atoms with Crippen molar-refractivity contribution in [2.24, 2.45) is 5.92 Å². The van der Waals surface area contributed by atoms with E-state index in [4.69, 9.17) is 0 Å². The quantitative estimate of drug-likeness (QED) is 0.602. The third-order valence-corrected chi connectivity index (χ3v) is 5.39. The van der Waals surface area contributed by atoms with Crippen molar-refractivity contribution in [2.75, 3.05) is 5.32 Å². The molecule has 0 bridgehead atoms. The van der Waals surface area contributed by atoms with Gasteiger partial charge in [0.2, 0.25) is 5.91 Å². The second-order valence-electron chi connectivity index (χ2n) is 8.74. The molecule has 3 amide bonds. The van der Waals surface area contributed by atoms with E-state index < -0.39 is 6.04 Å². The Kier molecular flexibility index (Phi) is 7.10. The van der Waals surface area contributed by atoms with Crippen LogP contribution in [-0.2, 0) is 4.79 Å². The molecule has 3 rings (SSSR count). The minimum absolute atomic E-state index is 0.135. The van der Waals surface area contributed by atoms with Crippen molar-refractivity contribution in [3.05, 3.63) is 64.7 Å². The van der Waals surface area contributed by atoms with Crippen molar-refractivity contribution >= 4 is 23.4 Å². The molecule has 1 fully saturated rings. The van der Waals surface area contributed by atoms with E-state index in [0.29, 0.717) is 23.2 Å². The van der Waals surface area contributed by atoms with E-state index >= 15 is 0 Å². The summed E-state index contributed by atoms with van der Waals surface area (Å²) in [6.07, 6.45) is 2.53. The van der Waals surface area contributed by atoms with E-state index in [1.54, 1.807) is 24.3 Å². The Morgan fingerprint density at radius 3 is 2.32 bits per heavy atom. The third-order valence-electron chi connectivity index (χ3n) is 5.39. The van der Waals surface area contributed by atoms with Crippen LogP contribution in [0.2, 0.25) is 0 Å². The van der Waals surface area contributed by atoms with Crippen molar-refractivity contribution in [1.29, 1.82) is 0 Å². The Bertz CT molecular complexity index is 980. The summed E-state index contributed by atoms with van der Waals surface area (Å²) in [6, 6.07) is 12.2. The van der Waals surface area contributed by atoms with Gasteiger partial charge in [0, 0.05) is 22.9 Å². The van der Waals surface area contributed by atoms with E-state index in [9.17, 15) is 14.4 Å². The number of carbonyl (C=O) groups is 3. The van der Waals surface area contributed by atoms with E-state index in [0.717, 1.165) is 24.0 Å². The summed E-state index contributed by atoms with van der Waals surface area (Å²) in [5.41, 5.74) is 3.35. The Morgan fingerprint density at radius 1 is 0.968 bits per heavy atom. The molecular formula is C25H31N3O3. The maximum Gasteiger partial charge on any atom is 0.252 e. The van der Waals surface area contributed by atoms with Gasteiger partial charge in [0.1, 0.15) is 6.04 Å². The SMILES string of the molecule is Cc1ccc(C(=O)NC2CC2)cc1NC(=O)C(CC(C)C)NC(=O)c1ccccc1C. The predicted molar refractivity (Wildman–Crippen MR) is 122 cm³/mol. The summed E-state index contributed by atoms with van der Waals surface area (Å²) < 4.78 is 0. The Morgan fingerprint density at radius 2 is 1.68 bits per heavy atom. The number of hydrogen-bond donors (Lipinski definition) is 3. The van der Waals surface area contributed by atoms with Crippen LogP contribution in [0, 0.1) is 19.8 Å². The lowest BCUT2D eigenvalue weighted by atomic mass is 10.0. The van der Waals surface area contributed by atoms with Gasteiger partial charge in [0.15, 0.2) is 0 Å². The zero-order valence-corrected chi connectivity index (χ0v) is 18.6. The monoisotopic (exact) mass is 421 g/mol. The average molecular weight is 422 g/mol. The van der Waals surface area contributed by atoms with Gasteiger partial charge in [0.25, 0.3) is 11.8 Å². The molecule has 1 atom stereocenters. The lowest BCUT2D eigenvalue weighted by molar-refractivity contribution is -0.118. The van der Waals surface area contributed by atoms with Crippen molar-refractivity contribution < 1.29 is 14.4 Å². The van der Waals surface area contributed by atoms with Crippen molar-refractivity contribution in [2.45, 2.75) is 59.0 Å². The van der Waals surface area contributed by atoms with Gasteiger partial charge < -0.3 is 16.0 Å². The summed E-state index contributed by atoms with van der Waals surface area (Å²) in [7, 11) is 0. The van der Waals surface area contributed by atoms with Gasteiger partial charge in [-0.2, -0.15) is 0 Å². The molecule has 0 spiro atoms. The zero-order chi connectivity index (χ0) is 22.5. The summed E-state index contributed by atoms with van der Waals surface area (Å²) in [5.74, 6) is -0.485. The molecule has 3 N–H and O–H groups in total. The van der Waals surface area contributed by atoms with Crippen LogP contribution in [0.4, 0.5) is 5.69 Å². The maximum atomic E-state index is 13.1. The molecule has 2 aromatic rings. The highest BCUT2D eigenvalue weighted by atomic mass is 16.2. The molecule has 0 aliphatic heterocycles. The smallest absolute Gasteiger partial charge is 0.252 e. The predicted octanol–water partition coefficient (Wildman–Crippen LogP) is 3.98. The first-order valence-corrected chi connectivity index (χ1v) is 10.8. The largest absolute Gasteiger partial charge is 0.349 e. The molecule has 2 aromatic carbocycles. The van der Waals surface area contributed by atoms with Crippen LogP contribution >= 0.6 is 0 Å².